The number of ether oxygens (including phenoxy) is 1. The SMILES string of the molecule is CCCCCCCc1ccc(-c2cc(C(=O)OC(CC)C(=O)c3ccccc3)c3cccc(C)c3n2)cc1. The van der Waals surface area contributed by atoms with Gasteiger partial charge in [0.05, 0.1) is 16.8 Å². The maximum atomic E-state index is 13.5. The van der Waals surface area contributed by atoms with Gasteiger partial charge in [0, 0.05) is 16.5 Å². The van der Waals surface area contributed by atoms with Crippen LogP contribution in [0.2, 0.25) is 0 Å². The van der Waals surface area contributed by atoms with Crippen LogP contribution < -0.4 is 0 Å². The molecule has 0 saturated carbocycles. The average Bonchev–Trinajstić information content (AvgIpc) is 2.96. The molecule has 0 spiro atoms. The Bertz CT molecular complexity index is 1380. The lowest BCUT2D eigenvalue weighted by molar-refractivity contribution is 0.0279. The highest BCUT2D eigenvalue weighted by molar-refractivity contribution is 6.07. The fraction of sp³-hybridized carbons (Fsp3) is 0.324. The second-order valence-electron chi connectivity index (χ2n) is 9.92. The molecule has 4 rings (SSSR count). The summed E-state index contributed by atoms with van der Waals surface area (Å²) in [4.78, 5) is 31.4. The van der Waals surface area contributed by atoms with Crippen molar-refractivity contribution in [3.8, 4) is 11.3 Å². The summed E-state index contributed by atoms with van der Waals surface area (Å²) >= 11 is 0. The molecule has 0 fully saturated rings. The van der Waals surface area contributed by atoms with E-state index in [1.807, 2.05) is 50.2 Å². The highest BCUT2D eigenvalue weighted by Gasteiger charge is 2.25. The molecule has 0 N–H and O–H groups in total. The first-order valence-corrected chi connectivity index (χ1v) is 13.8. The third-order valence-electron chi connectivity index (χ3n) is 7.05. The first-order valence-electron chi connectivity index (χ1n) is 13.8. The second-order valence-corrected chi connectivity index (χ2v) is 9.92. The predicted molar refractivity (Wildman–Crippen MR) is 155 cm³/mol. The molecule has 0 bridgehead atoms. The van der Waals surface area contributed by atoms with Crippen LogP contribution in [-0.2, 0) is 11.2 Å². The van der Waals surface area contributed by atoms with Crippen LogP contribution in [-0.4, -0.2) is 22.8 Å². The fourth-order valence-corrected chi connectivity index (χ4v) is 4.79. The highest BCUT2D eigenvalue weighted by Crippen LogP contribution is 2.28. The van der Waals surface area contributed by atoms with Crippen molar-refractivity contribution < 1.29 is 14.3 Å². The number of unbranched alkanes of at least 4 members (excludes halogenated alkanes) is 4. The zero-order valence-electron chi connectivity index (χ0n) is 22.7. The van der Waals surface area contributed by atoms with E-state index in [9.17, 15) is 9.59 Å². The Morgan fingerprint density at radius 2 is 1.58 bits per heavy atom. The maximum absolute atomic E-state index is 13.5. The molecular formula is C34H37NO3. The van der Waals surface area contributed by atoms with Crippen molar-refractivity contribution in [3.05, 3.63) is 101 Å². The fourth-order valence-electron chi connectivity index (χ4n) is 4.79. The summed E-state index contributed by atoms with van der Waals surface area (Å²) in [6.07, 6.45) is 6.93. The minimum Gasteiger partial charge on any atom is -0.450 e. The van der Waals surface area contributed by atoms with Crippen LogP contribution in [0.5, 0.6) is 0 Å². The van der Waals surface area contributed by atoms with Gasteiger partial charge in [0.2, 0.25) is 5.78 Å². The molecule has 196 valence electrons. The summed E-state index contributed by atoms with van der Waals surface area (Å²) < 4.78 is 5.82. The first-order chi connectivity index (χ1) is 18.5. The molecule has 0 saturated heterocycles. The molecule has 38 heavy (non-hydrogen) atoms. The van der Waals surface area contributed by atoms with E-state index in [1.165, 1.54) is 37.7 Å². The molecule has 4 nitrogen and oxygen atoms in total. The normalized spacial score (nSPS) is 11.9. The Balaban J connectivity index is 1.60. The van der Waals surface area contributed by atoms with Crippen LogP contribution in [0.25, 0.3) is 22.2 Å². The van der Waals surface area contributed by atoms with Gasteiger partial charge in [-0.15, -0.1) is 0 Å². The van der Waals surface area contributed by atoms with Crippen LogP contribution in [0, 0.1) is 6.92 Å². The zero-order valence-corrected chi connectivity index (χ0v) is 22.7. The van der Waals surface area contributed by atoms with Crippen molar-refractivity contribution in [2.75, 3.05) is 0 Å². The van der Waals surface area contributed by atoms with E-state index in [2.05, 4.69) is 31.2 Å². The Kier molecular flexibility index (Phi) is 9.42. The largest absolute Gasteiger partial charge is 0.450 e. The molecule has 0 radical (unpaired) electrons. The Hall–Kier alpha value is -3.79. The van der Waals surface area contributed by atoms with Crippen LogP contribution in [0.15, 0.2) is 78.9 Å². The number of fused-ring (bicyclic) bond motifs is 1. The van der Waals surface area contributed by atoms with Gasteiger partial charge < -0.3 is 4.74 Å². The lowest BCUT2D eigenvalue weighted by Crippen LogP contribution is -2.27. The number of esters is 1. The molecule has 4 aromatic rings. The summed E-state index contributed by atoms with van der Waals surface area (Å²) in [6, 6.07) is 25.0. The summed E-state index contributed by atoms with van der Waals surface area (Å²) in [5, 5.41) is 0.726. The lowest BCUT2D eigenvalue weighted by atomic mass is 10.00. The maximum Gasteiger partial charge on any atom is 0.339 e. The van der Waals surface area contributed by atoms with Crippen LogP contribution in [0.1, 0.15) is 84.2 Å². The third kappa shape index (κ3) is 6.55. The molecule has 0 amide bonds. The summed E-state index contributed by atoms with van der Waals surface area (Å²) in [6.45, 7) is 6.08. The van der Waals surface area contributed by atoms with E-state index in [0.717, 1.165) is 34.1 Å². The number of aromatic nitrogens is 1. The van der Waals surface area contributed by atoms with Gasteiger partial charge in [-0.3, -0.25) is 4.79 Å². The molecule has 0 aliphatic rings. The van der Waals surface area contributed by atoms with E-state index in [1.54, 1.807) is 18.2 Å². The van der Waals surface area contributed by atoms with E-state index in [4.69, 9.17) is 9.72 Å². The van der Waals surface area contributed by atoms with Gasteiger partial charge in [-0.2, -0.15) is 0 Å². The first kappa shape index (κ1) is 27.3. The van der Waals surface area contributed by atoms with Gasteiger partial charge in [-0.25, -0.2) is 9.78 Å². The minimum absolute atomic E-state index is 0.193. The number of benzene rings is 3. The predicted octanol–water partition coefficient (Wildman–Crippen LogP) is 8.54. The van der Waals surface area contributed by atoms with Crippen molar-refractivity contribution >= 4 is 22.7 Å². The number of ketones is 1. The van der Waals surface area contributed by atoms with Gasteiger partial charge in [0.25, 0.3) is 0 Å². The number of aryl methyl sites for hydroxylation is 2. The number of hydrogen-bond acceptors (Lipinski definition) is 4. The number of nitrogens with zero attached hydrogens (tertiary/aromatic N) is 1. The number of carbonyl (C=O) groups excluding carboxylic acids is 2. The Morgan fingerprint density at radius 3 is 2.29 bits per heavy atom. The second kappa shape index (κ2) is 13.1. The van der Waals surface area contributed by atoms with Gasteiger partial charge >= 0.3 is 5.97 Å². The zero-order chi connectivity index (χ0) is 26.9. The van der Waals surface area contributed by atoms with Crippen molar-refractivity contribution in [1.82, 2.24) is 4.98 Å². The number of hydrogen-bond donors (Lipinski definition) is 0. The summed E-state index contributed by atoms with van der Waals surface area (Å²) in [5.74, 6) is -0.703. The van der Waals surface area contributed by atoms with Gasteiger partial charge in [0.15, 0.2) is 6.10 Å². The summed E-state index contributed by atoms with van der Waals surface area (Å²) in [5.41, 5.74) is 5.68. The van der Waals surface area contributed by atoms with Gasteiger partial charge in [-0.05, 0) is 43.4 Å². The molecule has 1 aromatic heterocycles. The topological polar surface area (TPSA) is 56.3 Å². The third-order valence-corrected chi connectivity index (χ3v) is 7.05. The van der Waals surface area contributed by atoms with Crippen LogP contribution >= 0.6 is 0 Å². The number of pyridine rings is 1. The Morgan fingerprint density at radius 1 is 0.842 bits per heavy atom. The minimum atomic E-state index is -0.849. The van der Waals surface area contributed by atoms with Crippen molar-refractivity contribution in [2.24, 2.45) is 0 Å². The quantitative estimate of drug-likeness (QED) is 0.109. The number of Topliss-reactive ketones (excluding diaryl/α,β-unsaturated/α-hetero) is 1. The van der Waals surface area contributed by atoms with E-state index < -0.39 is 12.1 Å². The smallest absolute Gasteiger partial charge is 0.339 e. The molecular weight excluding hydrogens is 470 g/mol. The number of para-hydroxylation sites is 1. The Labute approximate surface area is 226 Å². The monoisotopic (exact) mass is 507 g/mol. The molecule has 0 aliphatic carbocycles. The summed E-state index contributed by atoms with van der Waals surface area (Å²) in [7, 11) is 0. The molecule has 1 unspecified atom stereocenters. The molecule has 4 heteroatoms. The standard InChI is InChI=1S/C34H37NO3/c1-4-6-7-8-10-15-25-19-21-26(22-20-25)30-23-29(28-18-13-14-24(3)32(28)35-30)34(37)38-31(5-2)33(36)27-16-11-9-12-17-27/h9,11-14,16-23,31H,4-8,10,15H2,1-3H3. The molecule has 1 heterocycles. The van der Waals surface area contributed by atoms with Gasteiger partial charge in [0.1, 0.15) is 0 Å². The average molecular weight is 508 g/mol. The highest BCUT2D eigenvalue weighted by atomic mass is 16.5. The van der Waals surface area contributed by atoms with Crippen molar-refractivity contribution in [2.45, 2.75) is 71.8 Å². The lowest BCUT2D eigenvalue weighted by Gasteiger charge is -2.17. The number of rotatable bonds is 12. The molecule has 3 aromatic carbocycles. The van der Waals surface area contributed by atoms with Crippen LogP contribution in [0.3, 0.4) is 0 Å². The van der Waals surface area contributed by atoms with Gasteiger partial charge in [-0.1, -0.05) is 112 Å². The molecule has 1 atom stereocenters. The van der Waals surface area contributed by atoms with Crippen molar-refractivity contribution in [3.63, 3.8) is 0 Å². The number of carbonyl (C=O) groups is 2. The molecule has 0 aliphatic heterocycles. The van der Waals surface area contributed by atoms with E-state index >= 15 is 0 Å². The van der Waals surface area contributed by atoms with E-state index in [0.29, 0.717) is 17.5 Å². The van der Waals surface area contributed by atoms with Crippen molar-refractivity contribution in [1.29, 1.82) is 0 Å². The van der Waals surface area contributed by atoms with Crippen LogP contribution in [0.4, 0.5) is 0 Å². The van der Waals surface area contributed by atoms with E-state index in [-0.39, 0.29) is 5.78 Å².